The third kappa shape index (κ3) is 5.22. The molecule has 4 nitrogen and oxygen atoms in total. The summed E-state index contributed by atoms with van der Waals surface area (Å²) in [4.78, 5) is 22.1. The van der Waals surface area contributed by atoms with Crippen molar-refractivity contribution in [2.75, 3.05) is 6.54 Å². The molecule has 0 radical (unpaired) electrons. The van der Waals surface area contributed by atoms with Crippen molar-refractivity contribution in [1.82, 2.24) is 10.4 Å². The number of hydrazine groups is 1. The van der Waals surface area contributed by atoms with Gasteiger partial charge in [-0.25, -0.2) is 0 Å². The molecule has 0 unspecified atom stereocenters. The van der Waals surface area contributed by atoms with E-state index in [-0.39, 0.29) is 11.8 Å². The Labute approximate surface area is 79.3 Å². The molecule has 0 aliphatic carbocycles. The zero-order chi connectivity index (χ0) is 10.3. The minimum absolute atomic E-state index is 0.0143. The Balaban J connectivity index is 4.06. The molecular weight excluding hydrogens is 168 g/mol. The van der Waals surface area contributed by atoms with Gasteiger partial charge in [0.15, 0.2) is 0 Å². The maximum absolute atomic E-state index is 11.4. The van der Waals surface area contributed by atoms with Gasteiger partial charge < -0.3 is 0 Å². The van der Waals surface area contributed by atoms with Gasteiger partial charge in [0.05, 0.1) is 0 Å². The summed E-state index contributed by atoms with van der Waals surface area (Å²) in [5, 5.41) is 1.39. The molecule has 0 spiro atoms. The summed E-state index contributed by atoms with van der Waals surface area (Å²) in [7, 11) is 0. The summed E-state index contributed by atoms with van der Waals surface area (Å²) in [5.41, 5.74) is 2.51. The molecular formula is C9H18N2O2. The molecule has 0 aromatic rings. The van der Waals surface area contributed by atoms with Gasteiger partial charge in [-0.2, -0.15) is 0 Å². The average molecular weight is 186 g/mol. The monoisotopic (exact) mass is 186 g/mol. The number of hydrogen-bond acceptors (Lipinski definition) is 2. The molecule has 0 rings (SSSR count). The first-order valence-corrected chi connectivity index (χ1v) is 4.69. The van der Waals surface area contributed by atoms with Gasteiger partial charge in [0, 0.05) is 19.9 Å². The van der Waals surface area contributed by atoms with E-state index in [0.29, 0.717) is 13.0 Å². The highest BCUT2D eigenvalue weighted by molar-refractivity contribution is 5.80. The van der Waals surface area contributed by atoms with Crippen LogP contribution in [0.1, 0.15) is 40.0 Å². The van der Waals surface area contributed by atoms with Gasteiger partial charge in [0.2, 0.25) is 11.8 Å². The lowest BCUT2D eigenvalue weighted by molar-refractivity contribution is -0.140. The lowest BCUT2D eigenvalue weighted by Crippen LogP contribution is -2.45. The lowest BCUT2D eigenvalue weighted by Gasteiger charge is -2.21. The molecule has 4 heteroatoms. The summed E-state index contributed by atoms with van der Waals surface area (Å²) in [6.45, 7) is 5.89. The maximum Gasteiger partial charge on any atom is 0.240 e. The fraction of sp³-hybridized carbons (Fsp3) is 0.778. The smallest absolute Gasteiger partial charge is 0.240 e. The Morgan fingerprint density at radius 2 is 1.85 bits per heavy atom. The Hall–Kier alpha value is -1.06. The largest absolute Gasteiger partial charge is 0.274 e. The van der Waals surface area contributed by atoms with E-state index in [0.717, 1.165) is 12.8 Å². The van der Waals surface area contributed by atoms with Crippen molar-refractivity contribution in [3.05, 3.63) is 0 Å². The Morgan fingerprint density at radius 3 is 2.23 bits per heavy atom. The SMILES string of the molecule is CCCC(=O)N(CCC)NC(C)=O. The van der Waals surface area contributed by atoms with Gasteiger partial charge in [-0.05, 0) is 12.8 Å². The molecule has 0 aromatic carbocycles. The zero-order valence-electron chi connectivity index (χ0n) is 8.59. The van der Waals surface area contributed by atoms with Gasteiger partial charge in [-0.3, -0.25) is 20.0 Å². The summed E-state index contributed by atoms with van der Waals surface area (Å²) in [6, 6.07) is 0. The molecule has 0 atom stereocenters. The van der Waals surface area contributed by atoms with Gasteiger partial charge >= 0.3 is 0 Å². The van der Waals surface area contributed by atoms with Crippen LogP contribution in [0, 0.1) is 0 Å². The zero-order valence-corrected chi connectivity index (χ0v) is 8.59. The predicted octanol–water partition coefficient (Wildman–Crippen LogP) is 1.08. The number of nitrogens with zero attached hydrogens (tertiary/aromatic N) is 1. The van der Waals surface area contributed by atoms with E-state index in [4.69, 9.17) is 0 Å². The Morgan fingerprint density at radius 1 is 1.23 bits per heavy atom. The van der Waals surface area contributed by atoms with E-state index in [1.165, 1.54) is 11.9 Å². The molecule has 0 saturated heterocycles. The molecule has 0 fully saturated rings. The van der Waals surface area contributed by atoms with Crippen LogP contribution in [-0.2, 0) is 9.59 Å². The second kappa shape index (κ2) is 6.46. The third-order valence-electron chi connectivity index (χ3n) is 1.50. The number of hydrogen-bond donors (Lipinski definition) is 1. The van der Waals surface area contributed by atoms with Crippen molar-refractivity contribution in [1.29, 1.82) is 0 Å². The lowest BCUT2D eigenvalue weighted by atomic mass is 10.3. The van der Waals surface area contributed by atoms with Crippen molar-refractivity contribution in [2.24, 2.45) is 0 Å². The summed E-state index contributed by atoms with van der Waals surface area (Å²) < 4.78 is 0. The van der Waals surface area contributed by atoms with Crippen LogP contribution in [0.2, 0.25) is 0 Å². The number of amides is 2. The van der Waals surface area contributed by atoms with Crippen molar-refractivity contribution in [3.8, 4) is 0 Å². The molecule has 0 aliphatic heterocycles. The first-order valence-electron chi connectivity index (χ1n) is 4.69. The fourth-order valence-electron chi connectivity index (χ4n) is 1.01. The third-order valence-corrected chi connectivity index (χ3v) is 1.50. The van der Waals surface area contributed by atoms with Gasteiger partial charge in [0.1, 0.15) is 0 Å². The minimum Gasteiger partial charge on any atom is -0.274 e. The van der Waals surface area contributed by atoms with Crippen LogP contribution in [0.4, 0.5) is 0 Å². The van der Waals surface area contributed by atoms with E-state index in [2.05, 4.69) is 5.43 Å². The summed E-state index contributed by atoms with van der Waals surface area (Å²) >= 11 is 0. The molecule has 0 saturated carbocycles. The molecule has 0 bridgehead atoms. The molecule has 2 amide bonds. The second-order valence-electron chi connectivity index (χ2n) is 2.96. The van der Waals surface area contributed by atoms with E-state index in [1.54, 1.807) is 0 Å². The van der Waals surface area contributed by atoms with Crippen LogP contribution >= 0.6 is 0 Å². The quantitative estimate of drug-likeness (QED) is 0.668. The number of carbonyl (C=O) groups excluding carboxylic acids is 2. The highest BCUT2D eigenvalue weighted by Crippen LogP contribution is 1.95. The van der Waals surface area contributed by atoms with Crippen molar-refractivity contribution in [2.45, 2.75) is 40.0 Å². The van der Waals surface area contributed by atoms with Crippen LogP contribution in [0.25, 0.3) is 0 Å². The number of nitrogens with one attached hydrogen (secondary N) is 1. The minimum atomic E-state index is -0.196. The molecule has 1 N–H and O–H groups in total. The second-order valence-corrected chi connectivity index (χ2v) is 2.96. The fourth-order valence-corrected chi connectivity index (χ4v) is 1.01. The van der Waals surface area contributed by atoms with E-state index >= 15 is 0 Å². The van der Waals surface area contributed by atoms with Crippen molar-refractivity contribution < 1.29 is 9.59 Å². The van der Waals surface area contributed by atoms with Crippen LogP contribution in [0.5, 0.6) is 0 Å². The van der Waals surface area contributed by atoms with Crippen molar-refractivity contribution in [3.63, 3.8) is 0 Å². The number of carbonyl (C=O) groups is 2. The van der Waals surface area contributed by atoms with E-state index in [1.807, 2.05) is 13.8 Å². The van der Waals surface area contributed by atoms with Crippen LogP contribution in [0.15, 0.2) is 0 Å². The van der Waals surface area contributed by atoms with Crippen LogP contribution < -0.4 is 5.43 Å². The Bertz CT molecular complexity index is 180. The van der Waals surface area contributed by atoms with E-state index < -0.39 is 0 Å². The summed E-state index contributed by atoms with van der Waals surface area (Å²) in [6.07, 6.45) is 2.13. The highest BCUT2D eigenvalue weighted by Gasteiger charge is 2.11. The van der Waals surface area contributed by atoms with Gasteiger partial charge in [0.25, 0.3) is 0 Å². The van der Waals surface area contributed by atoms with Crippen LogP contribution in [0.3, 0.4) is 0 Å². The van der Waals surface area contributed by atoms with Crippen LogP contribution in [-0.4, -0.2) is 23.4 Å². The summed E-state index contributed by atoms with van der Waals surface area (Å²) in [5.74, 6) is -0.211. The molecule has 76 valence electrons. The Kier molecular flexibility index (Phi) is 5.93. The van der Waals surface area contributed by atoms with Gasteiger partial charge in [-0.15, -0.1) is 0 Å². The normalized spacial score (nSPS) is 9.46. The standard InChI is InChI=1S/C9H18N2O2/c1-4-6-9(13)11(7-5-2)10-8(3)12/h4-7H2,1-3H3,(H,10,12). The van der Waals surface area contributed by atoms with Gasteiger partial charge in [-0.1, -0.05) is 13.8 Å². The first kappa shape index (κ1) is 11.9. The molecule has 13 heavy (non-hydrogen) atoms. The maximum atomic E-state index is 11.4. The van der Waals surface area contributed by atoms with E-state index in [9.17, 15) is 9.59 Å². The molecule has 0 heterocycles. The van der Waals surface area contributed by atoms with Crippen molar-refractivity contribution >= 4 is 11.8 Å². The highest BCUT2D eigenvalue weighted by atomic mass is 16.2. The predicted molar refractivity (Wildman–Crippen MR) is 50.7 cm³/mol. The molecule has 0 aromatic heterocycles. The molecule has 0 aliphatic rings. The topological polar surface area (TPSA) is 49.4 Å². The average Bonchev–Trinajstić information content (AvgIpc) is 2.03. The first-order chi connectivity index (χ1) is 6.11. The number of rotatable bonds is 4.